The Hall–Kier alpha value is -4.19. The normalized spacial score (nSPS) is 14.6. The molecule has 1 aliphatic heterocycles. The van der Waals surface area contributed by atoms with Gasteiger partial charge < -0.3 is 21.1 Å². The van der Waals surface area contributed by atoms with Crippen LogP contribution in [0.2, 0.25) is 5.02 Å². The molecule has 7 nitrogen and oxygen atoms in total. The van der Waals surface area contributed by atoms with Gasteiger partial charge in [0.15, 0.2) is 0 Å². The molecule has 3 amide bonds. The molecule has 38 heavy (non-hydrogen) atoms. The van der Waals surface area contributed by atoms with Gasteiger partial charge in [-0.3, -0.25) is 9.59 Å². The lowest BCUT2D eigenvalue weighted by molar-refractivity contribution is -0.137. The smallest absolute Gasteiger partial charge is 0.416 e. The molecule has 0 saturated carbocycles. The number of carbonyl (C=O) groups excluding carboxylic acids is 2. The lowest BCUT2D eigenvalue weighted by atomic mass is 9.93. The number of carboxylic acid groups (broad SMARTS) is 1. The molecule has 198 valence electrons. The molecule has 1 aliphatic rings. The van der Waals surface area contributed by atoms with Crippen LogP contribution in [0.25, 0.3) is 0 Å². The summed E-state index contributed by atoms with van der Waals surface area (Å²) in [6, 6.07) is 6.60. The van der Waals surface area contributed by atoms with Gasteiger partial charge in [-0.2, -0.15) is 13.2 Å². The number of amides is 3. The van der Waals surface area contributed by atoms with Crippen molar-refractivity contribution in [3.8, 4) is 0 Å². The second-order valence-electron chi connectivity index (χ2n) is 8.34. The van der Waals surface area contributed by atoms with Crippen LogP contribution in [-0.2, 0) is 12.6 Å². The van der Waals surface area contributed by atoms with E-state index >= 15 is 0 Å². The molecule has 4 N–H and O–H groups in total. The Morgan fingerprint density at radius 3 is 2.45 bits per heavy atom. The third kappa shape index (κ3) is 5.70. The van der Waals surface area contributed by atoms with Crippen molar-refractivity contribution in [3.63, 3.8) is 0 Å². The quantitative estimate of drug-likeness (QED) is 0.301. The van der Waals surface area contributed by atoms with Crippen molar-refractivity contribution in [2.45, 2.75) is 18.6 Å². The molecule has 0 radical (unpaired) electrons. The van der Waals surface area contributed by atoms with Crippen molar-refractivity contribution in [1.82, 2.24) is 10.6 Å². The predicted molar refractivity (Wildman–Crippen MR) is 126 cm³/mol. The van der Waals surface area contributed by atoms with E-state index in [1.807, 2.05) is 0 Å². The van der Waals surface area contributed by atoms with E-state index < -0.39 is 52.9 Å². The zero-order chi connectivity index (χ0) is 27.8. The Labute approximate surface area is 216 Å². The Morgan fingerprint density at radius 2 is 1.76 bits per heavy atom. The highest BCUT2D eigenvalue weighted by molar-refractivity contribution is 6.31. The fourth-order valence-electron chi connectivity index (χ4n) is 4.10. The first-order valence-electron chi connectivity index (χ1n) is 10.9. The summed E-state index contributed by atoms with van der Waals surface area (Å²) in [5.74, 6) is -3.67. The first-order chi connectivity index (χ1) is 17.8. The van der Waals surface area contributed by atoms with E-state index in [0.717, 1.165) is 12.1 Å². The molecule has 3 aromatic carbocycles. The number of carbonyl (C=O) groups is 3. The van der Waals surface area contributed by atoms with Crippen molar-refractivity contribution < 1.29 is 41.4 Å². The highest BCUT2D eigenvalue weighted by Gasteiger charge is 2.35. The standard InChI is InChI=1S/C25H17ClF5N3O4/c26-18-2-1-14(27)10-16(18)21-20-17(23(36)34-21)5-11(3-4-32-24(37)38)6-19(20)33-22(35)12-7-13(25(29,30)31)9-15(28)8-12/h1-2,5-10,21,32H,3-4H2,(H,33,35)(H,34,36)(H,37,38)/t21-/m1/s1. The number of fused-ring (bicyclic) bond motifs is 1. The van der Waals surface area contributed by atoms with E-state index in [1.54, 1.807) is 0 Å². The maximum Gasteiger partial charge on any atom is 0.416 e. The first kappa shape index (κ1) is 26.9. The monoisotopic (exact) mass is 553 g/mol. The van der Waals surface area contributed by atoms with Gasteiger partial charge in [-0.1, -0.05) is 11.6 Å². The van der Waals surface area contributed by atoms with Crippen molar-refractivity contribution in [3.05, 3.63) is 98.6 Å². The lowest BCUT2D eigenvalue weighted by Crippen LogP contribution is -2.23. The Bertz CT molecular complexity index is 1460. The molecule has 3 aromatic rings. The summed E-state index contributed by atoms with van der Waals surface area (Å²) in [6.45, 7) is -0.0544. The van der Waals surface area contributed by atoms with E-state index in [4.69, 9.17) is 16.7 Å². The maximum absolute atomic E-state index is 14.0. The van der Waals surface area contributed by atoms with Crippen LogP contribution in [0, 0.1) is 11.6 Å². The highest BCUT2D eigenvalue weighted by atomic mass is 35.5. The van der Waals surface area contributed by atoms with Gasteiger partial charge in [0.05, 0.1) is 11.6 Å². The topological polar surface area (TPSA) is 108 Å². The average molecular weight is 554 g/mol. The third-order valence-corrected chi connectivity index (χ3v) is 6.09. The fourth-order valence-corrected chi connectivity index (χ4v) is 4.33. The maximum atomic E-state index is 14.0. The molecule has 1 atom stereocenters. The van der Waals surface area contributed by atoms with Gasteiger partial charge >= 0.3 is 12.3 Å². The van der Waals surface area contributed by atoms with E-state index in [1.165, 1.54) is 18.2 Å². The second-order valence-corrected chi connectivity index (χ2v) is 8.75. The summed E-state index contributed by atoms with van der Waals surface area (Å²) >= 11 is 6.23. The number of anilines is 1. The van der Waals surface area contributed by atoms with Crippen LogP contribution in [-0.4, -0.2) is 29.6 Å². The van der Waals surface area contributed by atoms with Crippen molar-refractivity contribution in [2.75, 3.05) is 11.9 Å². The summed E-state index contributed by atoms with van der Waals surface area (Å²) in [4.78, 5) is 36.6. The van der Waals surface area contributed by atoms with Crippen molar-refractivity contribution >= 4 is 35.2 Å². The van der Waals surface area contributed by atoms with Crippen LogP contribution < -0.4 is 16.0 Å². The Kier molecular flexibility index (Phi) is 7.27. The van der Waals surface area contributed by atoms with Crippen LogP contribution in [0.4, 0.5) is 32.4 Å². The van der Waals surface area contributed by atoms with Gasteiger partial charge in [0.25, 0.3) is 11.8 Å². The van der Waals surface area contributed by atoms with E-state index in [-0.39, 0.29) is 46.4 Å². The van der Waals surface area contributed by atoms with E-state index in [9.17, 15) is 36.3 Å². The molecular weight excluding hydrogens is 537 g/mol. The van der Waals surface area contributed by atoms with Gasteiger partial charge in [-0.15, -0.1) is 0 Å². The molecule has 0 aliphatic carbocycles. The Balaban J connectivity index is 1.80. The lowest BCUT2D eigenvalue weighted by Gasteiger charge is -2.19. The van der Waals surface area contributed by atoms with Crippen LogP contribution in [0.3, 0.4) is 0 Å². The number of alkyl halides is 3. The molecule has 0 aromatic heterocycles. The predicted octanol–water partition coefficient (Wildman–Crippen LogP) is 5.53. The highest BCUT2D eigenvalue weighted by Crippen LogP contribution is 2.40. The minimum Gasteiger partial charge on any atom is -0.465 e. The largest absolute Gasteiger partial charge is 0.465 e. The molecule has 0 unspecified atom stereocenters. The number of hydrogen-bond donors (Lipinski definition) is 4. The number of halogens is 6. The van der Waals surface area contributed by atoms with E-state index in [0.29, 0.717) is 17.7 Å². The first-order valence-corrected chi connectivity index (χ1v) is 11.3. The third-order valence-electron chi connectivity index (χ3n) is 5.74. The molecule has 4 rings (SSSR count). The van der Waals surface area contributed by atoms with Crippen LogP contribution in [0.15, 0.2) is 48.5 Å². The molecule has 13 heteroatoms. The number of hydrogen-bond acceptors (Lipinski definition) is 3. The molecular formula is C25H17ClF5N3O4. The van der Waals surface area contributed by atoms with Crippen molar-refractivity contribution in [2.24, 2.45) is 0 Å². The number of benzene rings is 3. The second kappa shape index (κ2) is 10.3. The van der Waals surface area contributed by atoms with Gasteiger partial charge in [-0.05, 0) is 60.5 Å². The van der Waals surface area contributed by atoms with Gasteiger partial charge in [0.2, 0.25) is 0 Å². The summed E-state index contributed by atoms with van der Waals surface area (Å²) in [6.07, 6.45) is -6.12. The van der Waals surface area contributed by atoms with Gasteiger partial charge in [-0.25, -0.2) is 13.6 Å². The molecule has 1 heterocycles. The summed E-state index contributed by atoms with van der Waals surface area (Å²) in [7, 11) is 0. The summed E-state index contributed by atoms with van der Waals surface area (Å²) in [5, 5.41) is 16.1. The minimum absolute atomic E-state index is 0.0423. The number of nitrogens with one attached hydrogen (secondary N) is 3. The summed E-state index contributed by atoms with van der Waals surface area (Å²) < 4.78 is 67.4. The Morgan fingerprint density at radius 1 is 1.03 bits per heavy atom. The minimum atomic E-state index is -4.91. The summed E-state index contributed by atoms with van der Waals surface area (Å²) in [5.41, 5.74) is -1.31. The average Bonchev–Trinajstić information content (AvgIpc) is 3.16. The fraction of sp³-hybridized carbons (Fsp3) is 0.160. The zero-order valence-electron chi connectivity index (χ0n) is 19.1. The van der Waals surface area contributed by atoms with Crippen LogP contribution in [0.1, 0.15) is 49.0 Å². The molecule has 0 fully saturated rings. The van der Waals surface area contributed by atoms with Crippen molar-refractivity contribution in [1.29, 1.82) is 0 Å². The number of rotatable bonds is 6. The molecule has 0 bridgehead atoms. The molecule has 0 saturated heterocycles. The van der Waals surface area contributed by atoms with E-state index in [2.05, 4.69) is 16.0 Å². The molecule has 0 spiro atoms. The zero-order valence-corrected chi connectivity index (χ0v) is 19.8. The van der Waals surface area contributed by atoms with Gasteiger partial charge in [0.1, 0.15) is 11.6 Å². The SMILES string of the molecule is O=C(O)NCCc1cc(NC(=O)c2cc(F)cc(C(F)(F)F)c2)c2c(c1)C(=O)N[C@@H]2c1cc(F)ccc1Cl. The van der Waals surface area contributed by atoms with Crippen LogP contribution >= 0.6 is 11.6 Å². The van der Waals surface area contributed by atoms with Gasteiger partial charge in [0, 0.05) is 39.5 Å². The van der Waals surface area contributed by atoms with Crippen LogP contribution in [0.5, 0.6) is 0 Å².